The van der Waals surface area contributed by atoms with E-state index < -0.39 is 20.6 Å². The van der Waals surface area contributed by atoms with Crippen LogP contribution in [0.2, 0.25) is 0 Å². The average molecular weight is 290 g/mol. The molecule has 0 aliphatic rings. The van der Waals surface area contributed by atoms with Crippen molar-refractivity contribution >= 4 is 15.7 Å². The maximum Gasteiger partial charge on any atom is 0.312 e. The van der Waals surface area contributed by atoms with Crippen LogP contribution >= 0.6 is 0 Å². The Kier molecular flexibility index (Phi) is 5.21. The lowest BCUT2D eigenvalue weighted by Gasteiger charge is -2.07. The predicted octanol–water partition coefficient (Wildman–Crippen LogP) is 0.264. The molecule has 106 valence electrons. The number of nitro benzene ring substituents is 1. The summed E-state index contributed by atoms with van der Waals surface area (Å²) < 4.78 is 30.7. The predicted molar refractivity (Wildman–Crippen MR) is 66.5 cm³/mol. The maximum absolute atomic E-state index is 11.8. The van der Waals surface area contributed by atoms with E-state index >= 15 is 0 Å². The molecule has 1 rings (SSSR count). The molecule has 9 heteroatoms. The number of hydrogen-bond donors (Lipinski definition) is 2. The Morgan fingerprint density at radius 3 is 2.68 bits per heavy atom. The third kappa shape index (κ3) is 3.88. The summed E-state index contributed by atoms with van der Waals surface area (Å²) in [5, 5.41) is 19.4. The Morgan fingerprint density at radius 2 is 2.16 bits per heavy atom. The molecule has 0 bridgehead atoms. The van der Waals surface area contributed by atoms with Crippen molar-refractivity contribution in [3.8, 4) is 5.75 Å². The number of benzene rings is 1. The van der Waals surface area contributed by atoms with Crippen LogP contribution in [0.3, 0.4) is 0 Å². The Bertz CT molecular complexity index is 557. The molecule has 0 heterocycles. The van der Waals surface area contributed by atoms with Gasteiger partial charge in [0.2, 0.25) is 10.0 Å². The zero-order chi connectivity index (χ0) is 14.5. The van der Waals surface area contributed by atoms with Crippen LogP contribution in [0.1, 0.15) is 6.42 Å². The lowest BCUT2D eigenvalue weighted by molar-refractivity contribution is -0.386. The largest absolute Gasteiger partial charge is 0.490 e. The Labute approximate surface area is 110 Å². The number of nitro groups is 1. The summed E-state index contributed by atoms with van der Waals surface area (Å²) in [6.07, 6.45) is 0.261. The van der Waals surface area contributed by atoms with Crippen molar-refractivity contribution in [3.63, 3.8) is 0 Å². The average Bonchev–Trinajstić information content (AvgIpc) is 2.38. The van der Waals surface area contributed by atoms with Crippen LogP contribution in [0.4, 0.5) is 5.69 Å². The molecule has 8 nitrogen and oxygen atoms in total. The van der Waals surface area contributed by atoms with Crippen LogP contribution in [-0.4, -0.2) is 38.7 Å². The van der Waals surface area contributed by atoms with Gasteiger partial charge in [-0.25, -0.2) is 13.1 Å². The fraction of sp³-hybridized carbons (Fsp3) is 0.400. The van der Waals surface area contributed by atoms with Crippen molar-refractivity contribution in [1.29, 1.82) is 0 Å². The lowest BCUT2D eigenvalue weighted by Crippen LogP contribution is -2.25. The normalized spacial score (nSPS) is 11.3. The van der Waals surface area contributed by atoms with Crippen molar-refractivity contribution in [2.45, 2.75) is 11.3 Å². The number of sulfonamides is 1. The molecule has 0 radical (unpaired) electrons. The summed E-state index contributed by atoms with van der Waals surface area (Å²) in [6, 6.07) is 3.37. The topological polar surface area (TPSA) is 119 Å². The van der Waals surface area contributed by atoms with Crippen LogP contribution in [0.25, 0.3) is 0 Å². The summed E-state index contributed by atoms with van der Waals surface area (Å²) >= 11 is 0. The van der Waals surface area contributed by atoms with E-state index in [1.54, 1.807) is 0 Å². The summed E-state index contributed by atoms with van der Waals surface area (Å²) in [5.74, 6) is -0.0145. The molecule has 0 spiro atoms. The van der Waals surface area contributed by atoms with Gasteiger partial charge >= 0.3 is 5.69 Å². The molecule has 0 aromatic heterocycles. The highest BCUT2D eigenvalue weighted by Gasteiger charge is 2.21. The first kappa shape index (κ1) is 15.3. The van der Waals surface area contributed by atoms with E-state index in [2.05, 4.69) is 4.72 Å². The minimum Gasteiger partial charge on any atom is -0.490 e. The molecule has 1 aromatic rings. The van der Waals surface area contributed by atoms with Gasteiger partial charge in [-0.15, -0.1) is 0 Å². The Balaban J connectivity index is 3.07. The number of aliphatic hydroxyl groups excluding tert-OH is 1. The highest BCUT2D eigenvalue weighted by atomic mass is 32.2. The van der Waals surface area contributed by atoms with Gasteiger partial charge in [-0.2, -0.15) is 0 Å². The number of hydrogen-bond acceptors (Lipinski definition) is 6. The second-order valence-electron chi connectivity index (χ2n) is 3.57. The highest BCUT2D eigenvalue weighted by Crippen LogP contribution is 2.29. The number of rotatable bonds is 7. The van der Waals surface area contributed by atoms with E-state index in [9.17, 15) is 18.5 Å². The van der Waals surface area contributed by atoms with E-state index in [0.717, 1.165) is 6.07 Å². The molecule has 0 amide bonds. The zero-order valence-corrected chi connectivity index (χ0v) is 11.0. The van der Waals surface area contributed by atoms with Gasteiger partial charge in [-0.3, -0.25) is 10.1 Å². The monoisotopic (exact) mass is 290 g/mol. The van der Waals surface area contributed by atoms with Gasteiger partial charge in [-0.1, -0.05) is 0 Å². The molecule has 19 heavy (non-hydrogen) atoms. The van der Waals surface area contributed by atoms with Gasteiger partial charge in [0.15, 0.2) is 5.75 Å². The molecule has 0 unspecified atom stereocenters. The van der Waals surface area contributed by atoms with Crippen LogP contribution in [0.5, 0.6) is 5.75 Å². The van der Waals surface area contributed by atoms with Crippen LogP contribution in [-0.2, 0) is 10.0 Å². The summed E-state index contributed by atoms with van der Waals surface area (Å²) in [4.78, 5) is 9.86. The number of aliphatic hydroxyl groups is 1. The number of methoxy groups -OCH3 is 1. The van der Waals surface area contributed by atoms with Gasteiger partial charge in [0.1, 0.15) is 0 Å². The van der Waals surface area contributed by atoms with Crippen molar-refractivity contribution in [2.75, 3.05) is 20.3 Å². The van der Waals surface area contributed by atoms with Crippen LogP contribution in [0.15, 0.2) is 23.1 Å². The van der Waals surface area contributed by atoms with Crippen LogP contribution < -0.4 is 9.46 Å². The standard InChI is InChI=1S/C10H14N2O6S/c1-18-10-4-3-8(7-9(10)12(14)15)19(16,17)11-5-2-6-13/h3-4,7,11,13H,2,5-6H2,1H3. The molecule has 0 aliphatic carbocycles. The molecule has 1 aromatic carbocycles. The van der Waals surface area contributed by atoms with Gasteiger partial charge in [0, 0.05) is 19.2 Å². The highest BCUT2D eigenvalue weighted by molar-refractivity contribution is 7.89. The first-order chi connectivity index (χ1) is 8.92. The lowest BCUT2D eigenvalue weighted by atomic mass is 10.3. The SMILES string of the molecule is COc1ccc(S(=O)(=O)NCCCO)cc1[N+](=O)[O-]. The molecule has 0 aliphatic heterocycles. The minimum absolute atomic E-state index is 0.0145. The van der Waals surface area contributed by atoms with Gasteiger partial charge in [-0.05, 0) is 18.6 Å². The van der Waals surface area contributed by atoms with E-state index in [1.807, 2.05) is 0 Å². The van der Waals surface area contributed by atoms with Crippen molar-refractivity contribution in [2.24, 2.45) is 0 Å². The number of nitrogens with zero attached hydrogens (tertiary/aromatic N) is 1. The summed E-state index contributed by atoms with van der Waals surface area (Å²) in [6.45, 7) is -0.0933. The Hall–Kier alpha value is -1.71. The fourth-order valence-corrected chi connectivity index (χ4v) is 2.44. The third-order valence-corrected chi connectivity index (χ3v) is 3.74. The molecule has 0 saturated carbocycles. The fourth-order valence-electron chi connectivity index (χ4n) is 1.35. The molecule has 0 fully saturated rings. The third-order valence-electron chi connectivity index (χ3n) is 2.28. The molecular formula is C10H14N2O6S. The van der Waals surface area contributed by atoms with E-state index in [1.165, 1.54) is 19.2 Å². The smallest absolute Gasteiger partial charge is 0.312 e. The van der Waals surface area contributed by atoms with Crippen molar-refractivity contribution in [3.05, 3.63) is 28.3 Å². The Morgan fingerprint density at radius 1 is 1.47 bits per heavy atom. The molecule has 0 atom stereocenters. The second-order valence-corrected chi connectivity index (χ2v) is 5.33. The van der Waals surface area contributed by atoms with E-state index in [0.29, 0.717) is 0 Å². The van der Waals surface area contributed by atoms with Gasteiger partial charge in [0.05, 0.1) is 16.9 Å². The minimum atomic E-state index is -3.83. The zero-order valence-electron chi connectivity index (χ0n) is 10.2. The van der Waals surface area contributed by atoms with E-state index in [4.69, 9.17) is 9.84 Å². The second kappa shape index (κ2) is 6.45. The number of ether oxygens (including phenoxy) is 1. The van der Waals surface area contributed by atoms with Crippen LogP contribution in [0, 0.1) is 10.1 Å². The molecular weight excluding hydrogens is 276 g/mol. The molecule has 2 N–H and O–H groups in total. The van der Waals surface area contributed by atoms with Crippen molar-refractivity contribution < 1.29 is 23.2 Å². The first-order valence-corrected chi connectivity index (χ1v) is 6.83. The number of nitrogens with one attached hydrogen (secondary N) is 1. The first-order valence-electron chi connectivity index (χ1n) is 5.35. The molecule has 0 saturated heterocycles. The van der Waals surface area contributed by atoms with E-state index in [-0.39, 0.29) is 30.2 Å². The maximum atomic E-state index is 11.8. The van der Waals surface area contributed by atoms with Crippen molar-refractivity contribution in [1.82, 2.24) is 4.72 Å². The summed E-state index contributed by atoms with van der Waals surface area (Å²) in [7, 11) is -2.57. The quantitative estimate of drug-likeness (QED) is 0.422. The van der Waals surface area contributed by atoms with Gasteiger partial charge < -0.3 is 9.84 Å². The summed E-state index contributed by atoms with van der Waals surface area (Å²) in [5.41, 5.74) is -0.424. The van der Waals surface area contributed by atoms with Gasteiger partial charge in [0.25, 0.3) is 0 Å².